The van der Waals surface area contributed by atoms with Crippen LogP contribution < -0.4 is 0 Å². The fourth-order valence-electron chi connectivity index (χ4n) is 3.29. The molecule has 0 radical (unpaired) electrons. The first-order valence-electron chi connectivity index (χ1n) is 10.0. The molecule has 0 aliphatic carbocycles. The zero-order valence-electron chi connectivity index (χ0n) is 16.8. The third-order valence-corrected chi connectivity index (χ3v) is 6.16. The minimum absolute atomic E-state index is 1.02. The van der Waals surface area contributed by atoms with E-state index in [1.54, 1.807) is 23.5 Å². The molecular weight excluding hydrogens is 364 g/mol. The summed E-state index contributed by atoms with van der Waals surface area (Å²) in [6.07, 6.45) is 8.29. The molecule has 0 unspecified atom stereocenters. The van der Waals surface area contributed by atoms with Crippen molar-refractivity contribution in [2.75, 3.05) is 0 Å². The standard InChI is InChI=1S/C25H32S2/c1-5-9-11-20-18-24(26-7-3)15-13-22(20)17-23-14-16-25(27-8-4)19-21(23)12-10-6-2/h7-8,13-16,18-19H,3-6,9-12,17H2,1-2H3. The highest BCUT2D eigenvalue weighted by atomic mass is 32.2. The maximum Gasteiger partial charge on any atom is 0.0119 e. The molecule has 0 aromatic heterocycles. The second kappa shape index (κ2) is 12.2. The molecule has 0 atom stereocenters. The quantitative estimate of drug-likeness (QED) is 0.330. The lowest BCUT2D eigenvalue weighted by Crippen LogP contribution is -2.01. The zero-order chi connectivity index (χ0) is 19.5. The number of hydrogen-bond donors (Lipinski definition) is 0. The predicted molar refractivity (Wildman–Crippen MR) is 125 cm³/mol. The molecule has 0 saturated heterocycles. The van der Waals surface area contributed by atoms with E-state index in [4.69, 9.17) is 0 Å². The van der Waals surface area contributed by atoms with E-state index in [9.17, 15) is 0 Å². The van der Waals surface area contributed by atoms with E-state index >= 15 is 0 Å². The van der Waals surface area contributed by atoms with Crippen molar-refractivity contribution < 1.29 is 0 Å². The van der Waals surface area contributed by atoms with E-state index < -0.39 is 0 Å². The molecule has 2 aromatic carbocycles. The van der Waals surface area contributed by atoms with E-state index in [0.29, 0.717) is 0 Å². The van der Waals surface area contributed by atoms with Crippen LogP contribution in [0.3, 0.4) is 0 Å². The van der Waals surface area contributed by atoms with E-state index in [1.807, 2.05) is 10.8 Å². The normalized spacial score (nSPS) is 10.7. The molecule has 0 fully saturated rings. The summed E-state index contributed by atoms with van der Waals surface area (Å²) in [6.45, 7) is 12.2. The van der Waals surface area contributed by atoms with E-state index in [2.05, 4.69) is 63.4 Å². The van der Waals surface area contributed by atoms with Crippen LogP contribution in [0.1, 0.15) is 61.8 Å². The molecule has 0 aliphatic rings. The van der Waals surface area contributed by atoms with Gasteiger partial charge in [-0.2, -0.15) is 0 Å². The van der Waals surface area contributed by atoms with Crippen LogP contribution in [0.5, 0.6) is 0 Å². The van der Waals surface area contributed by atoms with Gasteiger partial charge in [-0.3, -0.25) is 0 Å². The van der Waals surface area contributed by atoms with Crippen molar-refractivity contribution >= 4 is 23.5 Å². The Balaban J connectivity index is 2.32. The van der Waals surface area contributed by atoms with E-state index in [-0.39, 0.29) is 0 Å². The third kappa shape index (κ3) is 6.93. The third-order valence-electron chi connectivity index (χ3n) is 4.77. The minimum atomic E-state index is 1.02. The van der Waals surface area contributed by atoms with Gasteiger partial charge in [-0.05, 0) is 89.4 Å². The Morgan fingerprint density at radius 1 is 0.704 bits per heavy atom. The van der Waals surface area contributed by atoms with Crippen LogP contribution in [0.2, 0.25) is 0 Å². The highest BCUT2D eigenvalue weighted by molar-refractivity contribution is 8.02. The van der Waals surface area contributed by atoms with Gasteiger partial charge in [0.15, 0.2) is 0 Å². The van der Waals surface area contributed by atoms with Crippen LogP contribution >= 0.6 is 23.5 Å². The van der Waals surface area contributed by atoms with Crippen LogP contribution in [-0.4, -0.2) is 0 Å². The summed E-state index contributed by atoms with van der Waals surface area (Å²) in [7, 11) is 0. The van der Waals surface area contributed by atoms with Crippen molar-refractivity contribution in [1.29, 1.82) is 0 Å². The topological polar surface area (TPSA) is 0 Å². The van der Waals surface area contributed by atoms with Gasteiger partial charge in [0, 0.05) is 9.79 Å². The average Bonchev–Trinajstić information content (AvgIpc) is 2.68. The lowest BCUT2D eigenvalue weighted by atomic mass is 9.92. The molecule has 0 aliphatic heterocycles. The van der Waals surface area contributed by atoms with Gasteiger partial charge in [-0.25, -0.2) is 0 Å². The Hall–Kier alpha value is -1.38. The van der Waals surface area contributed by atoms with Gasteiger partial charge in [0.2, 0.25) is 0 Å². The minimum Gasteiger partial charge on any atom is -0.0987 e. The molecule has 0 amide bonds. The SMILES string of the molecule is C=CSc1ccc(Cc2ccc(SC=C)cc2CCCC)c(CCCC)c1. The number of benzene rings is 2. The number of hydrogen-bond acceptors (Lipinski definition) is 2. The molecule has 0 heterocycles. The maximum atomic E-state index is 3.86. The zero-order valence-corrected chi connectivity index (χ0v) is 18.4. The number of aryl methyl sites for hydroxylation is 2. The Labute approximate surface area is 174 Å². The molecular formula is C25H32S2. The summed E-state index contributed by atoms with van der Waals surface area (Å²) in [5.74, 6) is 0. The highest BCUT2D eigenvalue weighted by Crippen LogP contribution is 2.28. The van der Waals surface area contributed by atoms with Gasteiger partial charge in [-0.1, -0.05) is 75.5 Å². The highest BCUT2D eigenvalue weighted by Gasteiger charge is 2.10. The fourth-order valence-corrected chi connectivity index (χ4v) is 4.39. The smallest absolute Gasteiger partial charge is 0.0119 e. The predicted octanol–water partition coefficient (Wildman–Crippen LogP) is 8.43. The summed E-state index contributed by atoms with van der Waals surface area (Å²) < 4.78 is 0. The Morgan fingerprint density at radius 3 is 1.52 bits per heavy atom. The van der Waals surface area contributed by atoms with E-state index in [1.165, 1.54) is 57.7 Å². The summed E-state index contributed by atoms with van der Waals surface area (Å²) in [6, 6.07) is 13.9. The van der Waals surface area contributed by atoms with E-state index in [0.717, 1.165) is 19.3 Å². The van der Waals surface area contributed by atoms with Crippen molar-refractivity contribution in [2.24, 2.45) is 0 Å². The number of unbranched alkanes of at least 4 members (excludes halogenated alkanes) is 2. The van der Waals surface area contributed by atoms with Crippen molar-refractivity contribution in [3.8, 4) is 0 Å². The largest absolute Gasteiger partial charge is 0.0987 e. The molecule has 2 heteroatoms. The number of thioether (sulfide) groups is 2. The molecule has 2 aromatic rings. The molecule has 27 heavy (non-hydrogen) atoms. The molecule has 0 saturated carbocycles. The van der Waals surface area contributed by atoms with Gasteiger partial charge < -0.3 is 0 Å². The van der Waals surface area contributed by atoms with Crippen molar-refractivity contribution in [3.63, 3.8) is 0 Å². The second-order valence-electron chi connectivity index (χ2n) is 6.81. The molecule has 0 N–H and O–H groups in total. The molecule has 2 rings (SSSR count). The van der Waals surface area contributed by atoms with Gasteiger partial charge in [0.05, 0.1) is 0 Å². The maximum absolute atomic E-state index is 3.86. The fraction of sp³-hybridized carbons (Fsp3) is 0.360. The Bertz CT molecular complexity index is 682. The lowest BCUT2D eigenvalue weighted by Gasteiger charge is -2.15. The lowest BCUT2D eigenvalue weighted by molar-refractivity contribution is 0.779. The van der Waals surface area contributed by atoms with Crippen molar-refractivity contribution in [1.82, 2.24) is 0 Å². The van der Waals surface area contributed by atoms with Crippen LogP contribution in [-0.2, 0) is 19.3 Å². The first kappa shape index (κ1) is 21.9. The van der Waals surface area contributed by atoms with Crippen LogP contribution in [0.4, 0.5) is 0 Å². The molecule has 0 spiro atoms. The summed E-state index contributed by atoms with van der Waals surface area (Å²) in [5, 5.41) is 3.83. The van der Waals surface area contributed by atoms with Gasteiger partial charge in [-0.15, -0.1) is 0 Å². The van der Waals surface area contributed by atoms with Crippen molar-refractivity contribution in [2.45, 2.75) is 68.6 Å². The monoisotopic (exact) mass is 396 g/mol. The van der Waals surface area contributed by atoms with Crippen LogP contribution in [0.25, 0.3) is 0 Å². The first-order valence-corrected chi connectivity index (χ1v) is 11.8. The molecule has 0 bridgehead atoms. The summed E-state index contributed by atoms with van der Waals surface area (Å²) in [4.78, 5) is 2.59. The van der Waals surface area contributed by atoms with Gasteiger partial charge in [0.25, 0.3) is 0 Å². The molecule has 0 nitrogen and oxygen atoms in total. The van der Waals surface area contributed by atoms with Gasteiger partial charge >= 0.3 is 0 Å². The Kier molecular flexibility index (Phi) is 9.86. The average molecular weight is 397 g/mol. The Morgan fingerprint density at radius 2 is 1.15 bits per heavy atom. The van der Waals surface area contributed by atoms with Crippen LogP contribution in [0, 0.1) is 0 Å². The van der Waals surface area contributed by atoms with Crippen LogP contribution in [0.15, 0.2) is 70.2 Å². The second-order valence-corrected chi connectivity index (χ2v) is 8.89. The summed E-state index contributed by atoms with van der Waals surface area (Å²) in [5.41, 5.74) is 5.93. The number of rotatable bonds is 12. The molecule has 144 valence electrons. The van der Waals surface area contributed by atoms with Gasteiger partial charge in [0.1, 0.15) is 0 Å². The first-order chi connectivity index (χ1) is 13.2. The van der Waals surface area contributed by atoms with Crippen molar-refractivity contribution in [3.05, 3.63) is 82.6 Å². The summed E-state index contributed by atoms with van der Waals surface area (Å²) >= 11 is 3.42.